The molecule has 0 radical (unpaired) electrons. The van der Waals surface area contributed by atoms with Gasteiger partial charge in [0.2, 0.25) is 6.79 Å². The van der Waals surface area contributed by atoms with Crippen LogP contribution in [0.4, 0.5) is 0 Å². The summed E-state index contributed by atoms with van der Waals surface area (Å²) in [6.07, 6.45) is 2.60. The molecule has 2 aliphatic heterocycles. The highest BCUT2D eigenvalue weighted by Crippen LogP contribution is 2.36. The molecule has 1 aromatic carbocycles. The Morgan fingerprint density at radius 1 is 1.41 bits per heavy atom. The molecule has 1 fully saturated rings. The van der Waals surface area contributed by atoms with Gasteiger partial charge >= 0.3 is 0 Å². The lowest BCUT2D eigenvalue weighted by molar-refractivity contribution is -0.122. The molecule has 0 atom stereocenters. The first-order chi connectivity index (χ1) is 10.7. The molecular formula is C15H15NO4S2. The molecule has 0 bridgehead atoms. The summed E-state index contributed by atoms with van der Waals surface area (Å²) in [5, 5.41) is 0. The zero-order valence-electron chi connectivity index (χ0n) is 12.0. The van der Waals surface area contributed by atoms with Crippen LogP contribution in [0, 0.1) is 0 Å². The fourth-order valence-electron chi connectivity index (χ4n) is 2.21. The van der Waals surface area contributed by atoms with Gasteiger partial charge in [0.1, 0.15) is 4.32 Å². The van der Waals surface area contributed by atoms with Crippen molar-refractivity contribution in [3.05, 3.63) is 28.7 Å². The van der Waals surface area contributed by atoms with E-state index >= 15 is 0 Å². The van der Waals surface area contributed by atoms with Gasteiger partial charge in [-0.1, -0.05) is 30.0 Å². The van der Waals surface area contributed by atoms with Crippen molar-refractivity contribution in [3.63, 3.8) is 0 Å². The molecule has 0 saturated carbocycles. The Morgan fingerprint density at radius 3 is 3.05 bits per heavy atom. The Kier molecular flexibility index (Phi) is 4.66. The highest BCUT2D eigenvalue weighted by molar-refractivity contribution is 8.26. The highest BCUT2D eigenvalue weighted by Gasteiger charge is 2.31. The van der Waals surface area contributed by atoms with Crippen molar-refractivity contribution in [2.75, 3.05) is 27.1 Å². The minimum absolute atomic E-state index is 0.0521. The molecule has 0 N–H and O–H groups in total. The minimum atomic E-state index is -0.0521. The van der Waals surface area contributed by atoms with E-state index in [1.54, 1.807) is 12.0 Å². The lowest BCUT2D eigenvalue weighted by Gasteiger charge is -2.13. The van der Waals surface area contributed by atoms with Gasteiger partial charge in [0.25, 0.3) is 5.91 Å². The van der Waals surface area contributed by atoms with Crippen molar-refractivity contribution in [1.29, 1.82) is 0 Å². The molecule has 0 unspecified atom stereocenters. The van der Waals surface area contributed by atoms with Crippen LogP contribution in [0.2, 0.25) is 0 Å². The van der Waals surface area contributed by atoms with Crippen molar-refractivity contribution in [1.82, 2.24) is 4.90 Å². The Hall–Kier alpha value is -1.57. The fourth-order valence-corrected chi connectivity index (χ4v) is 3.52. The van der Waals surface area contributed by atoms with Crippen LogP contribution < -0.4 is 9.47 Å². The molecule has 7 heteroatoms. The van der Waals surface area contributed by atoms with E-state index in [4.69, 9.17) is 26.4 Å². The molecule has 1 aromatic rings. The Balaban J connectivity index is 1.74. The number of thiocarbonyl (C=S) groups is 1. The number of hydrogen-bond acceptors (Lipinski definition) is 6. The van der Waals surface area contributed by atoms with Gasteiger partial charge in [-0.15, -0.1) is 0 Å². The lowest BCUT2D eigenvalue weighted by atomic mass is 10.2. The van der Waals surface area contributed by atoms with E-state index in [-0.39, 0.29) is 12.7 Å². The number of methoxy groups -OCH3 is 1. The van der Waals surface area contributed by atoms with Gasteiger partial charge < -0.3 is 14.2 Å². The SMILES string of the molecule is COCCCN1C(=O)/C(=C\c2ccc3c(c2)OCO3)SC1=S. The van der Waals surface area contributed by atoms with Gasteiger partial charge in [-0.25, -0.2) is 0 Å². The number of rotatable bonds is 5. The monoisotopic (exact) mass is 337 g/mol. The highest BCUT2D eigenvalue weighted by atomic mass is 32.2. The minimum Gasteiger partial charge on any atom is -0.454 e. The maximum atomic E-state index is 12.4. The quantitative estimate of drug-likeness (QED) is 0.468. The van der Waals surface area contributed by atoms with Crippen molar-refractivity contribution < 1.29 is 19.0 Å². The standard InChI is InChI=1S/C15H15NO4S2/c1-18-6-2-5-16-14(17)13(22-15(16)21)8-10-3-4-11-12(7-10)20-9-19-11/h3-4,7-8H,2,5-6,9H2,1H3/b13-8+. The summed E-state index contributed by atoms with van der Waals surface area (Å²) in [6, 6.07) is 5.60. The van der Waals surface area contributed by atoms with E-state index in [2.05, 4.69) is 0 Å². The van der Waals surface area contributed by atoms with Gasteiger partial charge in [-0.3, -0.25) is 9.69 Å². The van der Waals surface area contributed by atoms with Crippen molar-refractivity contribution in [3.8, 4) is 11.5 Å². The Bertz CT molecular complexity index is 644. The van der Waals surface area contributed by atoms with E-state index in [9.17, 15) is 4.79 Å². The van der Waals surface area contributed by atoms with Crippen LogP contribution in [-0.2, 0) is 9.53 Å². The Morgan fingerprint density at radius 2 is 2.23 bits per heavy atom. The number of nitrogens with zero attached hydrogens (tertiary/aromatic N) is 1. The van der Waals surface area contributed by atoms with Gasteiger partial charge in [0.05, 0.1) is 4.91 Å². The summed E-state index contributed by atoms with van der Waals surface area (Å²) in [7, 11) is 1.64. The molecule has 22 heavy (non-hydrogen) atoms. The zero-order valence-corrected chi connectivity index (χ0v) is 13.7. The molecule has 1 amide bonds. The lowest BCUT2D eigenvalue weighted by Crippen LogP contribution is -2.29. The first-order valence-corrected chi connectivity index (χ1v) is 8.05. The van der Waals surface area contributed by atoms with Crippen LogP contribution in [0.5, 0.6) is 11.5 Å². The number of hydrogen-bond donors (Lipinski definition) is 0. The summed E-state index contributed by atoms with van der Waals surface area (Å²) < 4.78 is 16.2. The second-order valence-electron chi connectivity index (χ2n) is 4.79. The largest absolute Gasteiger partial charge is 0.454 e. The average molecular weight is 337 g/mol. The molecule has 0 aromatic heterocycles. The van der Waals surface area contributed by atoms with E-state index in [0.717, 1.165) is 17.7 Å². The number of benzene rings is 1. The molecule has 116 valence electrons. The number of ether oxygens (including phenoxy) is 3. The number of carbonyl (C=O) groups excluding carboxylic acids is 1. The summed E-state index contributed by atoms with van der Waals surface area (Å²) in [5.74, 6) is 1.37. The average Bonchev–Trinajstić information content (AvgIpc) is 3.07. The van der Waals surface area contributed by atoms with E-state index in [1.165, 1.54) is 11.8 Å². The fraction of sp³-hybridized carbons (Fsp3) is 0.333. The van der Waals surface area contributed by atoms with Crippen LogP contribution in [0.15, 0.2) is 23.1 Å². The van der Waals surface area contributed by atoms with Gasteiger partial charge in [0, 0.05) is 20.3 Å². The first-order valence-electron chi connectivity index (χ1n) is 6.83. The molecule has 5 nitrogen and oxygen atoms in total. The maximum Gasteiger partial charge on any atom is 0.266 e. The number of carbonyl (C=O) groups is 1. The van der Waals surface area contributed by atoms with Gasteiger partial charge in [-0.05, 0) is 30.2 Å². The number of fused-ring (bicyclic) bond motifs is 1. The predicted molar refractivity (Wildman–Crippen MR) is 88.9 cm³/mol. The van der Waals surface area contributed by atoms with E-state index < -0.39 is 0 Å². The topological polar surface area (TPSA) is 48.0 Å². The maximum absolute atomic E-state index is 12.4. The molecular weight excluding hydrogens is 322 g/mol. The second-order valence-corrected chi connectivity index (χ2v) is 6.47. The van der Waals surface area contributed by atoms with Crippen molar-refractivity contribution in [2.45, 2.75) is 6.42 Å². The summed E-state index contributed by atoms with van der Waals surface area (Å²) in [5.41, 5.74) is 0.890. The molecule has 2 heterocycles. The van der Waals surface area contributed by atoms with Crippen LogP contribution in [0.1, 0.15) is 12.0 Å². The van der Waals surface area contributed by atoms with Gasteiger partial charge in [-0.2, -0.15) is 0 Å². The third-order valence-electron chi connectivity index (χ3n) is 3.30. The van der Waals surface area contributed by atoms with Crippen molar-refractivity contribution in [2.24, 2.45) is 0 Å². The predicted octanol–water partition coefficient (Wildman–Crippen LogP) is 2.65. The summed E-state index contributed by atoms with van der Waals surface area (Å²) in [6.45, 7) is 1.43. The summed E-state index contributed by atoms with van der Waals surface area (Å²) >= 11 is 6.61. The Labute approximate surface area is 138 Å². The first kappa shape index (κ1) is 15.3. The smallest absolute Gasteiger partial charge is 0.266 e. The van der Waals surface area contributed by atoms with Crippen LogP contribution >= 0.6 is 24.0 Å². The zero-order chi connectivity index (χ0) is 15.5. The second kappa shape index (κ2) is 6.68. The molecule has 1 saturated heterocycles. The molecule has 0 spiro atoms. The molecule has 3 rings (SSSR count). The van der Waals surface area contributed by atoms with Crippen LogP contribution in [-0.4, -0.2) is 42.2 Å². The molecule has 0 aliphatic carbocycles. The van der Waals surface area contributed by atoms with Crippen molar-refractivity contribution >= 4 is 40.3 Å². The number of amides is 1. The third-order valence-corrected chi connectivity index (χ3v) is 4.68. The number of thioether (sulfide) groups is 1. The van der Waals surface area contributed by atoms with Gasteiger partial charge in [0.15, 0.2) is 11.5 Å². The van der Waals surface area contributed by atoms with Crippen LogP contribution in [0.25, 0.3) is 6.08 Å². The van der Waals surface area contributed by atoms with Crippen LogP contribution in [0.3, 0.4) is 0 Å². The van der Waals surface area contributed by atoms with E-state index in [0.29, 0.717) is 28.1 Å². The normalized spacial score (nSPS) is 18.6. The third kappa shape index (κ3) is 3.11. The summed E-state index contributed by atoms with van der Waals surface area (Å²) in [4.78, 5) is 14.6. The molecule has 2 aliphatic rings. The van der Waals surface area contributed by atoms with E-state index in [1.807, 2.05) is 24.3 Å².